The summed E-state index contributed by atoms with van der Waals surface area (Å²) in [5, 5.41) is 9.26. The zero-order valence-electron chi connectivity index (χ0n) is 15.1. The number of hydrogen-bond donors (Lipinski definition) is 2. The SMILES string of the molecule is Cc1cc(NC(=O)CSCC(=O)Nc2ccccc2N2CCOCC2)no1. The van der Waals surface area contributed by atoms with Crippen molar-refractivity contribution in [3.63, 3.8) is 0 Å². The van der Waals surface area contributed by atoms with Crippen LogP contribution in [0, 0.1) is 6.92 Å². The summed E-state index contributed by atoms with van der Waals surface area (Å²) in [6.45, 7) is 4.69. The highest BCUT2D eigenvalue weighted by atomic mass is 32.2. The van der Waals surface area contributed by atoms with Gasteiger partial charge in [0.05, 0.1) is 36.1 Å². The Kier molecular flexibility index (Phi) is 6.72. The fourth-order valence-electron chi connectivity index (χ4n) is 2.69. The van der Waals surface area contributed by atoms with Gasteiger partial charge < -0.3 is 24.8 Å². The van der Waals surface area contributed by atoms with Gasteiger partial charge >= 0.3 is 0 Å². The van der Waals surface area contributed by atoms with Crippen molar-refractivity contribution in [3.05, 3.63) is 36.1 Å². The van der Waals surface area contributed by atoms with E-state index in [-0.39, 0.29) is 23.3 Å². The minimum absolute atomic E-state index is 0.147. The normalized spacial score (nSPS) is 14.0. The number of thioether (sulfide) groups is 1. The van der Waals surface area contributed by atoms with Gasteiger partial charge in [-0.1, -0.05) is 17.3 Å². The highest BCUT2D eigenvalue weighted by Crippen LogP contribution is 2.26. The summed E-state index contributed by atoms with van der Waals surface area (Å²) in [5.41, 5.74) is 1.76. The third kappa shape index (κ3) is 5.73. The molecule has 1 fully saturated rings. The quantitative estimate of drug-likeness (QED) is 0.747. The van der Waals surface area contributed by atoms with Crippen LogP contribution in [0.4, 0.5) is 17.2 Å². The van der Waals surface area contributed by atoms with E-state index in [4.69, 9.17) is 9.26 Å². The molecule has 144 valence electrons. The van der Waals surface area contributed by atoms with Crippen molar-refractivity contribution in [2.24, 2.45) is 0 Å². The number of anilines is 3. The van der Waals surface area contributed by atoms with Crippen LogP contribution in [0.1, 0.15) is 5.76 Å². The molecule has 0 atom stereocenters. The minimum atomic E-state index is -0.227. The van der Waals surface area contributed by atoms with E-state index in [1.54, 1.807) is 13.0 Å². The van der Waals surface area contributed by atoms with E-state index in [1.165, 1.54) is 11.8 Å². The minimum Gasteiger partial charge on any atom is -0.378 e. The molecule has 1 saturated heterocycles. The summed E-state index contributed by atoms with van der Waals surface area (Å²) in [6.07, 6.45) is 0. The predicted octanol–water partition coefficient (Wildman–Crippen LogP) is 2.13. The summed E-state index contributed by atoms with van der Waals surface area (Å²) in [5.74, 6) is 0.964. The second-order valence-corrected chi connectivity index (χ2v) is 7.01. The Morgan fingerprint density at radius 1 is 1.15 bits per heavy atom. The molecule has 2 heterocycles. The summed E-state index contributed by atoms with van der Waals surface area (Å²) in [7, 11) is 0. The number of nitrogens with zero attached hydrogens (tertiary/aromatic N) is 2. The molecule has 27 heavy (non-hydrogen) atoms. The van der Waals surface area contributed by atoms with Crippen molar-refractivity contribution in [2.45, 2.75) is 6.92 Å². The van der Waals surface area contributed by atoms with Crippen LogP contribution in [0.25, 0.3) is 0 Å². The number of morpholine rings is 1. The first kappa shape index (κ1) is 19.2. The molecule has 1 aromatic carbocycles. The number of carbonyl (C=O) groups excluding carboxylic acids is 2. The molecule has 1 aliphatic heterocycles. The fourth-order valence-corrected chi connectivity index (χ4v) is 3.30. The van der Waals surface area contributed by atoms with Gasteiger partial charge in [0, 0.05) is 19.2 Å². The standard InChI is InChI=1S/C18H22N4O4S/c1-13-10-16(21-26-13)20-18(24)12-27-11-17(23)19-14-4-2-3-5-15(14)22-6-8-25-9-7-22/h2-5,10H,6-9,11-12H2,1H3,(H,19,23)(H,20,21,24). The Balaban J connectivity index is 1.46. The lowest BCUT2D eigenvalue weighted by Gasteiger charge is -2.30. The molecule has 2 amide bonds. The number of nitrogens with one attached hydrogen (secondary N) is 2. The summed E-state index contributed by atoms with van der Waals surface area (Å²) in [6, 6.07) is 9.34. The first-order valence-electron chi connectivity index (χ1n) is 8.64. The molecular formula is C18H22N4O4S. The number of benzene rings is 1. The predicted molar refractivity (Wildman–Crippen MR) is 105 cm³/mol. The maximum atomic E-state index is 12.3. The van der Waals surface area contributed by atoms with Crippen LogP contribution in [-0.2, 0) is 14.3 Å². The lowest BCUT2D eigenvalue weighted by molar-refractivity contribution is -0.114. The van der Waals surface area contributed by atoms with Crippen molar-refractivity contribution >= 4 is 40.8 Å². The lowest BCUT2D eigenvalue weighted by Crippen LogP contribution is -2.36. The Morgan fingerprint density at radius 3 is 2.56 bits per heavy atom. The molecule has 0 radical (unpaired) electrons. The van der Waals surface area contributed by atoms with Crippen molar-refractivity contribution < 1.29 is 18.8 Å². The topological polar surface area (TPSA) is 96.7 Å². The number of para-hydroxylation sites is 2. The summed E-state index contributed by atoms with van der Waals surface area (Å²) >= 11 is 1.24. The van der Waals surface area contributed by atoms with Crippen LogP contribution in [0.3, 0.4) is 0 Å². The summed E-state index contributed by atoms with van der Waals surface area (Å²) < 4.78 is 10.3. The number of ether oxygens (including phenoxy) is 1. The lowest BCUT2D eigenvalue weighted by atomic mass is 10.2. The molecule has 1 aliphatic rings. The summed E-state index contributed by atoms with van der Waals surface area (Å²) in [4.78, 5) is 26.3. The molecule has 9 heteroatoms. The Morgan fingerprint density at radius 2 is 1.85 bits per heavy atom. The number of rotatable bonds is 7. The maximum Gasteiger partial charge on any atom is 0.235 e. The smallest absolute Gasteiger partial charge is 0.235 e. The van der Waals surface area contributed by atoms with Crippen LogP contribution < -0.4 is 15.5 Å². The molecule has 0 unspecified atom stereocenters. The van der Waals surface area contributed by atoms with E-state index in [0.717, 1.165) is 24.5 Å². The number of hydrogen-bond acceptors (Lipinski definition) is 7. The van der Waals surface area contributed by atoms with Gasteiger partial charge in [0.2, 0.25) is 11.8 Å². The molecular weight excluding hydrogens is 368 g/mol. The van der Waals surface area contributed by atoms with Crippen LogP contribution in [0.15, 0.2) is 34.9 Å². The van der Waals surface area contributed by atoms with E-state index in [2.05, 4.69) is 20.7 Å². The van der Waals surface area contributed by atoms with E-state index in [0.29, 0.717) is 24.8 Å². The van der Waals surface area contributed by atoms with Gasteiger partial charge in [-0.3, -0.25) is 9.59 Å². The number of aryl methyl sites for hydroxylation is 1. The Labute approximate surface area is 161 Å². The largest absolute Gasteiger partial charge is 0.378 e. The first-order valence-corrected chi connectivity index (χ1v) is 9.80. The van der Waals surface area contributed by atoms with Crippen LogP contribution in [0.2, 0.25) is 0 Å². The van der Waals surface area contributed by atoms with E-state index in [1.807, 2.05) is 24.3 Å². The van der Waals surface area contributed by atoms with Crippen LogP contribution in [-0.4, -0.2) is 54.8 Å². The van der Waals surface area contributed by atoms with E-state index in [9.17, 15) is 9.59 Å². The van der Waals surface area contributed by atoms with Gasteiger partial charge in [0.15, 0.2) is 5.82 Å². The van der Waals surface area contributed by atoms with Crippen LogP contribution in [0.5, 0.6) is 0 Å². The molecule has 0 bridgehead atoms. The van der Waals surface area contributed by atoms with Gasteiger partial charge in [0.25, 0.3) is 0 Å². The maximum absolute atomic E-state index is 12.3. The van der Waals surface area contributed by atoms with Gasteiger partial charge in [-0.2, -0.15) is 0 Å². The number of amides is 2. The number of carbonyl (C=O) groups is 2. The first-order chi connectivity index (χ1) is 13.1. The van der Waals surface area contributed by atoms with Gasteiger partial charge in [0.1, 0.15) is 5.76 Å². The van der Waals surface area contributed by atoms with Crippen molar-refractivity contribution in [1.82, 2.24) is 5.16 Å². The van der Waals surface area contributed by atoms with E-state index >= 15 is 0 Å². The van der Waals surface area contributed by atoms with E-state index < -0.39 is 0 Å². The Bertz CT molecular complexity index is 789. The average molecular weight is 390 g/mol. The highest BCUT2D eigenvalue weighted by Gasteiger charge is 2.16. The Hall–Kier alpha value is -2.52. The van der Waals surface area contributed by atoms with Gasteiger partial charge in [-0.15, -0.1) is 11.8 Å². The molecule has 0 spiro atoms. The molecule has 2 aromatic rings. The third-order valence-electron chi connectivity index (χ3n) is 3.89. The third-order valence-corrected chi connectivity index (χ3v) is 4.82. The molecule has 1 aromatic heterocycles. The molecule has 3 rings (SSSR count). The second kappa shape index (κ2) is 9.43. The zero-order chi connectivity index (χ0) is 19.1. The highest BCUT2D eigenvalue weighted by molar-refractivity contribution is 8.00. The molecule has 0 saturated carbocycles. The van der Waals surface area contributed by atoms with Crippen molar-refractivity contribution in [2.75, 3.05) is 53.3 Å². The van der Waals surface area contributed by atoms with Gasteiger partial charge in [-0.05, 0) is 19.1 Å². The average Bonchev–Trinajstić information content (AvgIpc) is 3.07. The zero-order valence-corrected chi connectivity index (χ0v) is 15.9. The van der Waals surface area contributed by atoms with Crippen molar-refractivity contribution in [1.29, 1.82) is 0 Å². The van der Waals surface area contributed by atoms with Crippen molar-refractivity contribution in [3.8, 4) is 0 Å². The number of aromatic nitrogens is 1. The molecule has 0 aliphatic carbocycles. The second-order valence-electron chi connectivity index (χ2n) is 6.03. The fraction of sp³-hybridized carbons (Fsp3) is 0.389. The van der Waals surface area contributed by atoms with Gasteiger partial charge in [-0.25, -0.2) is 0 Å². The van der Waals surface area contributed by atoms with Crippen LogP contribution >= 0.6 is 11.8 Å². The monoisotopic (exact) mass is 390 g/mol. The molecule has 8 nitrogen and oxygen atoms in total. The molecule has 2 N–H and O–H groups in total.